The summed E-state index contributed by atoms with van der Waals surface area (Å²) in [5.41, 5.74) is -0.295. The van der Waals surface area contributed by atoms with E-state index in [2.05, 4.69) is 9.97 Å². The van der Waals surface area contributed by atoms with Gasteiger partial charge in [0.2, 0.25) is 0 Å². The topological polar surface area (TPSA) is 35.6 Å². The van der Waals surface area contributed by atoms with Crippen molar-refractivity contribution in [2.24, 2.45) is 0 Å². The number of aromatic nitrogens is 4. The summed E-state index contributed by atoms with van der Waals surface area (Å²) >= 11 is 91.8. The van der Waals surface area contributed by atoms with Crippen LogP contribution in [-0.2, 0) is 17.1 Å². The third-order valence-electron chi connectivity index (χ3n) is 5.33. The Morgan fingerprint density at radius 1 is 0.333 bits per heavy atom. The van der Waals surface area contributed by atoms with Crippen molar-refractivity contribution < 1.29 is 17.1 Å². The number of hydrogen-bond acceptors (Lipinski definition) is 2. The van der Waals surface area contributed by atoms with Crippen molar-refractivity contribution in [3.05, 3.63) is 63.0 Å². The molecule has 3 aromatic heterocycles. The molecule has 3 aromatic rings. The molecule has 0 aromatic carbocycles. The largest absolute Gasteiger partial charge is 0.247 e. The van der Waals surface area contributed by atoms with E-state index < -0.39 is 0 Å². The Balaban J connectivity index is 0.00000353. The predicted molar refractivity (Wildman–Crippen MR) is 168 cm³/mol. The predicted octanol–water partition coefficient (Wildman–Crippen LogP) is 13.1. The zero-order valence-corrected chi connectivity index (χ0v) is 29.1. The zero-order valence-electron chi connectivity index (χ0n) is 17.4. The number of rotatable bonds is 0. The van der Waals surface area contributed by atoms with Crippen molar-refractivity contribution in [2.75, 3.05) is 0 Å². The van der Waals surface area contributed by atoms with E-state index >= 15 is 0 Å². The minimum atomic E-state index is -0.153. The molecule has 0 atom stereocenters. The fraction of sp³-hybridized carbons (Fsp3) is 0. The monoisotopic (exact) mass is 842 g/mol. The molecule has 5 heterocycles. The minimum absolute atomic E-state index is 0. The molecule has 4 nitrogen and oxygen atoms in total. The molecule has 19 heteroatoms. The maximum Gasteiger partial charge on any atom is 0.105 e. The number of halogens is 14. The summed E-state index contributed by atoms with van der Waals surface area (Å²) in [6.07, 6.45) is 0. The van der Waals surface area contributed by atoms with E-state index in [1.165, 1.54) is 0 Å². The van der Waals surface area contributed by atoms with E-state index in [4.69, 9.17) is 163 Å². The molecule has 0 unspecified atom stereocenters. The summed E-state index contributed by atoms with van der Waals surface area (Å²) in [6, 6.07) is 0. The molecule has 0 saturated carbocycles. The average molecular weight is 848 g/mol. The molecule has 0 fully saturated rings. The molecule has 2 aliphatic heterocycles. The smallest absolute Gasteiger partial charge is 0.105 e. The van der Waals surface area contributed by atoms with Crippen molar-refractivity contribution in [3.8, 4) is 0 Å². The van der Waals surface area contributed by atoms with Gasteiger partial charge in [0, 0.05) is 40.6 Å². The van der Waals surface area contributed by atoms with Gasteiger partial charge in [-0.3, -0.25) is 0 Å². The average Bonchev–Trinajstić information content (AvgIpc) is 3.48. The minimum Gasteiger partial charge on any atom is -0.247 e. The molecule has 0 radical (unpaired) electrons. The van der Waals surface area contributed by atoms with Crippen LogP contribution in [0.25, 0.3) is 42.2 Å². The number of nitrogens with zero attached hydrogens (tertiary/aromatic N) is 4. The van der Waals surface area contributed by atoms with Crippen molar-refractivity contribution in [2.45, 2.75) is 0 Å². The zero-order chi connectivity index (χ0) is 28.1. The van der Waals surface area contributed by atoms with Crippen LogP contribution in [0.4, 0.5) is 0 Å². The Morgan fingerprint density at radius 3 is 0.692 bits per heavy atom. The quantitative estimate of drug-likeness (QED) is 0.211. The normalized spacial score (nSPS) is 13.5. The number of fused-ring (bicyclic) bond motifs is 8. The second-order valence-electron chi connectivity index (χ2n) is 7.34. The fourth-order valence-corrected chi connectivity index (χ4v) is 8.23. The summed E-state index contributed by atoms with van der Waals surface area (Å²) in [5.74, 6) is 0. The first-order chi connectivity index (χ1) is 17.7. The van der Waals surface area contributed by atoms with Gasteiger partial charge in [-0.1, -0.05) is 139 Å². The standard InChI is InChI=1S/C20Cl14N4.Fe/c21-1-2(22)14-10(30)18-7(27)8(28)20(38(18)34)12(32)16-4(24)3(23)15(36-16)11(31)19-6(26)5(25)17(37(19)33)9(29)13(1)35-14;. The summed E-state index contributed by atoms with van der Waals surface area (Å²) in [6.45, 7) is 0. The van der Waals surface area contributed by atoms with Gasteiger partial charge in [0.25, 0.3) is 0 Å². The summed E-state index contributed by atoms with van der Waals surface area (Å²) < 4.78 is 1.97. The van der Waals surface area contributed by atoms with E-state index in [9.17, 15) is 0 Å². The van der Waals surface area contributed by atoms with Crippen LogP contribution in [0, 0.1) is 0 Å². The Labute approximate surface area is 299 Å². The van der Waals surface area contributed by atoms with Crippen LogP contribution < -0.4 is 0 Å². The summed E-state index contributed by atoms with van der Waals surface area (Å²) in [7, 11) is 0. The molecule has 5 rings (SSSR count). The van der Waals surface area contributed by atoms with Gasteiger partial charge in [-0.05, 0) is 0 Å². The first-order valence-electron chi connectivity index (χ1n) is 9.39. The molecule has 0 saturated heterocycles. The van der Waals surface area contributed by atoms with E-state index in [0.717, 1.165) is 8.17 Å². The Bertz CT molecular complexity index is 1610. The van der Waals surface area contributed by atoms with Gasteiger partial charge >= 0.3 is 0 Å². The van der Waals surface area contributed by atoms with Gasteiger partial charge in [-0.15, -0.1) is 0 Å². The van der Waals surface area contributed by atoms with Crippen molar-refractivity contribution in [1.82, 2.24) is 18.1 Å². The van der Waals surface area contributed by atoms with Gasteiger partial charge in [-0.25, -0.2) is 18.1 Å². The Hall–Kier alpha value is 1.18. The summed E-state index contributed by atoms with van der Waals surface area (Å²) in [4.78, 5) is 8.77. The van der Waals surface area contributed by atoms with Crippen LogP contribution >= 0.6 is 163 Å². The van der Waals surface area contributed by atoms with Crippen molar-refractivity contribution in [1.29, 1.82) is 0 Å². The third-order valence-corrected chi connectivity index (χ3v) is 10.8. The van der Waals surface area contributed by atoms with Gasteiger partial charge < -0.3 is 0 Å². The molecule has 0 N–H and O–H groups in total. The van der Waals surface area contributed by atoms with Crippen LogP contribution in [0.3, 0.4) is 0 Å². The van der Waals surface area contributed by atoms with E-state index in [1.807, 2.05) is 0 Å². The fourth-order valence-electron chi connectivity index (χ4n) is 3.58. The van der Waals surface area contributed by atoms with E-state index in [0.29, 0.717) is 0 Å². The summed E-state index contributed by atoms with van der Waals surface area (Å²) in [5, 5.41) is -1.35. The molecule has 0 aliphatic carbocycles. The molecule has 2 aliphatic rings. The third kappa shape index (κ3) is 4.90. The molecule has 8 bridgehead atoms. The molecular formula is C20Cl14FeN4. The van der Waals surface area contributed by atoms with Gasteiger partial charge in [0.15, 0.2) is 0 Å². The number of hydrogen-bond donors (Lipinski definition) is 0. The van der Waals surface area contributed by atoms with Crippen LogP contribution in [0.15, 0.2) is 0 Å². The maximum atomic E-state index is 6.67. The van der Waals surface area contributed by atoms with Gasteiger partial charge in [0.1, 0.15) is 22.8 Å². The van der Waals surface area contributed by atoms with E-state index in [-0.39, 0.29) is 122 Å². The van der Waals surface area contributed by atoms with Crippen LogP contribution in [0.5, 0.6) is 0 Å². The molecule has 0 spiro atoms. The van der Waals surface area contributed by atoms with Crippen LogP contribution in [0.1, 0.15) is 22.8 Å². The molecule has 206 valence electrons. The molecule has 0 amide bonds. The second-order valence-corrected chi connectivity index (χ2v) is 12.6. The van der Waals surface area contributed by atoms with Crippen molar-refractivity contribution >= 4 is 205 Å². The van der Waals surface area contributed by atoms with Crippen LogP contribution in [0.2, 0.25) is 40.2 Å². The Morgan fingerprint density at radius 2 is 0.513 bits per heavy atom. The first kappa shape index (κ1) is 33.1. The Kier molecular flexibility index (Phi) is 10.1. The van der Waals surface area contributed by atoms with Gasteiger partial charge in [-0.2, -0.15) is 0 Å². The first-order valence-corrected chi connectivity index (χ1v) is 14.6. The SMILES string of the molecule is ClC1=C(Cl)c2nc1c(Cl)c1c(Cl)c(Cl)c(c(Cl)c3nc(c(Cl)c4c(Cl)c(Cl)c(c2Cl)n4Cl)C(Cl)=C3Cl)n1Cl.[Fe]. The van der Waals surface area contributed by atoms with Crippen molar-refractivity contribution in [3.63, 3.8) is 0 Å². The van der Waals surface area contributed by atoms with Gasteiger partial charge in [0.05, 0.1) is 82.4 Å². The maximum absolute atomic E-state index is 6.67. The van der Waals surface area contributed by atoms with E-state index in [1.54, 1.807) is 0 Å². The molecule has 39 heavy (non-hydrogen) atoms. The second kappa shape index (κ2) is 11.9. The molecular weight excluding hydrogens is 848 g/mol. The van der Waals surface area contributed by atoms with Crippen LogP contribution in [-0.4, -0.2) is 18.1 Å².